The molecule has 0 aromatic rings. The Morgan fingerprint density at radius 1 is 1.00 bits per heavy atom. The quantitative estimate of drug-likeness (QED) is 0.654. The number of hydrogen-bond donors (Lipinski definition) is 0. The van der Waals surface area contributed by atoms with Crippen molar-refractivity contribution in [2.45, 2.75) is 83.2 Å². The Morgan fingerprint density at radius 3 is 2.64 bits per heavy atom. The molecule has 25 heavy (non-hydrogen) atoms. The minimum atomic E-state index is -0.146. The molecule has 3 nitrogen and oxygen atoms in total. The maximum atomic E-state index is 12.0. The molecule has 0 amide bonds. The summed E-state index contributed by atoms with van der Waals surface area (Å²) in [5, 5.41) is 0. The van der Waals surface area contributed by atoms with Crippen LogP contribution < -0.4 is 0 Å². The summed E-state index contributed by atoms with van der Waals surface area (Å²) in [6, 6.07) is 0. The van der Waals surface area contributed by atoms with Gasteiger partial charge in [0.05, 0.1) is 0 Å². The third-order valence-electron chi connectivity index (χ3n) is 8.95. The van der Waals surface area contributed by atoms with Gasteiger partial charge in [-0.05, 0) is 87.5 Å². The van der Waals surface area contributed by atoms with Gasteiger partial charge in [-0.1, -0.05) is 12.5 Å². The summed E-state index contributed by atoms with van der Waals surface area (Å²) < 4.78 is 6.08. The van der Waals surface area contributed by atoms with Gasteiger partial charge in [0.25, 0.3) is 0 Å². The van der Waals surface area contributed by atoms with Crippen LogP contribution in [-0.4, -0.2) is 17.4 Å². The zero-order valence-corrected chi connectivity index (χ0v) is 15.4. The molecule has 0 aromatic carbocycles. The SMILES string of the molecule is CC[C@]12CCC3C(CCC4=CC(=O)CC[C@@H]43)C1CC[C@@]21CCC(=O)O1. The van der Waals surface area contributed by atoms with Gasteiger partial charge in [-0.3, -0.25) is 9.59 Å². The van der Waals surface area contributed by atoms with Gasteiger partial charge in [0.15, 0.2) is 5.78 Å². The van der Waals surface area contributed by atoms with E-state index < -0.39 is 0 Å². The lowest BCUT2D eigenvalue weighted by molar-refractivity contribution is -0.170. The molecule has 1 saturated heterocycles. The van der Waals surface area contributed by atoms with Crippen molar-refractivity contribution < 1.29 is 14.3 Å². The summed E-state index contributed by atoms with van der Waals surface area (Å²) in [5.74, 6) is 3.32. The fourth-order valence-corrected chi connectivity index (χ4v) is 8.00. The molecule has 5 aliphatic rings. The first kappa shape index (κ1) is 16.1. The second-order valence-corrected chi connectivity index (χ2v) is 9.36. The summed E-state index contributed by atoms with van der Waals surface area (Å²) in [5.41, 5.74) is 1.54. The zero-order chi connectivity index (χ0) is 17.2. The fraction of sp³-hybridized carbons (Fsp3) is 0.818. The van der Waals surface area contributed by atoms with Crippen LogP contribution in [0.2, 0.25) is 0 Å². The van der Waals surface area contributed by atoms with E-state index in [4.69, 9.17) is 4.74 Å². The van der Waals surface area contributed by atoms with E-state index in [2.05, 4.69) is 6.92 Å². The Morgan fingerprint density at radius 2 is 1.88 bits per heavy atom. The number of allylic oxidation sites excluding steroid dienone is 1. The summed E-state index contributed by atoms with van der Waals surface area (Å²) in [6.07, 6.45) is 13.7. The topological polar surface area (TPSA) is 43.4 Å². The van der Waals surface area contributed by atoms with Crippen molar-refractivity contribution in [3.05, 3.63) is 11.6 Å². The highest BCUT2D eigenvalue weighted by Gasteiger charge is 2.67. The number of ether oxygens (including phenoxy) is 1. The van der Waals surface area contributed by atoms with E-state index in [-0.39, 0.29) is 17.0 Å². The number of carbonyl (C=O) groups is 2. The van der Waals surface area contributed by atoms with Crippen molar-refractivity contribution in [3.63, 3.8) is 0 Å². The number of ketones is 1. The highest BCUT2D eigenvalue weighted by Crippen LogP contribution is 2.69. The Labute approximate surface area is 150 Å². The first-order chi connectivity index (χ1) is 12.1. The maximum absolute atomic E-state index is 12.0. The lowest BCUT2D eigenvalue weighted by Gasteiger charge is -2.56. The molecule has 0 bridgehead atoms. The number of carbonyl (C=O) groups excluding carboxylic acids is 2. The molecule has 5 rings (SSSR count). The second-order valence-electron chi connectivity index (χ2n) is 9.36. The molecule has 1 spiro atoms. The second kappa shape index (κ2) is 5.44. The summed E-state index contributed by atoms with van der Waals surface area (Å²) in [6.45, 7) is 2.33. The first-order valence-corrected chi connectivity index (χ1v) is 10.5. The molecule has 1 heterocycles. The van der Waals surface area contributed by atoms with Crippen molar-refractivity contribution in [2.75, 3.05) is 0 Å². The molecule has 0 aromatic heterocycles. The van der Waals surface area contributed by atoms with Gasteiger partial charge in [0.1, 0.15) is 5.60 Å². The average Bonchev–Trinajstić information content (AvgIpc) is 3.16. The van der Waals surface area contributed by atoms with Crippen molar-refractivity contribution in [1.29, 1.82) is 0 Å². The van der Waals surface area contributed by atoms with Crippen LogP contribution in [0.1, 0.15) is 77.6 Å². The predicted octanol–water partition coefficient (Wildman–Crippen LogP) is 4.59. The molecule has 0 N–H and O–H groups in total. The highest BCUT2D eigenvalue weighted by atomic mass is 16.6. The standard InChI is InChI=1S/C22H30O3/c1-2-21-10-7-17-16-6-4-15(23)13-14(16)3-5-18(17)19(21)8-11-22(21)12-9-20(24)25-22/h13,16-19H,2-12H2,1H3/t16-,17?,18?,19?,21-,22+/m0/s1. The summed E-state index contributed by atoms with van der Waals surface area (Å²) >= 11 is 0. The lowest BCUT2D eigenvalue weighted by Crippen LogP contribution is -2.53. The minimum absolute atomic E-state index is 0.0373. The predicted molar refractivity (Wildman–Crippen MR) is 94.8 cm³/mol. The third kappa shape index (κ3) is 2.04. The molecule has 4 fully saturated rings. The van der Waals surface area contributed by atoms with Crippen LogP contribution in [0.25, 0.3) is 0 Å². The molecular formula is C22H30O3. The van der Waals surface area contributed by atoms with Gasteiger partial charge in [-0.15, -0.1) is 0 Å². The van der Waals surface area contributed by atoms with Gasteiger partial charge >= 0.3 is 5.97 Å². The van der Waals surface area contributed by atoms with Crippen LogP contribution in [-0.2, 0) is 14.3 Å². The molecule has 6 atom stereocenters. The van der Waals surface area contributed by atoms with E-state index >= 15 is 0 Å². The van der Waals surface area contributed by atoms with E-state index in [0.717, 1.165) is 56.3 Å². The van der Waals surface area contributed by atoms with E-state index in [1.807, 2.05) is 6.08 Å². The minimum Gasteiger partial charge on any atom is -0.458 e. The molecule has 1 aliphatic heterocycles. The molecule has 136 valence electrons. The molecule has 0 radical (unpaired) electrons. The smallest absolute Gasteiger partial charge is 0.306 e. The number of rotatable bonds is 1. The molecule has 4 aliphatic carbocycles. The fourth-order valence-electron chi connectivity index (χ4n) is 8.00. The van der Waals surface area contributed by atoms with Crippen molar-refractivity contribution in [2.24, 2.45) is 29.1 Å². The van der Waals surface area contributed by atoms with Crippen molar-refractivity contribution >= 4 is 11.8 Å². The third-order valence-corrected chi connectivity index (χ3v) is 8.95. The lowest BCUT2D eigenvalue weighted by atomic mass is 9.49. The summed E-state index contributed by atoms with van der Waals surface area (Å²) in [4.78, 5) is 23.8. The number of hydrogen-bond acceptors (Lipinski definition) is 3. The Bertz CT molecular complexity index is 650. The van der Waals surface area contributed by atoms with E-state index in [1.165, 1.54) is 31.3 Å². The van der Waals surface area contributed by atoms with Gasteiger partial charge in [0, 0.05) is 18.3 Å². The average molecular weight is 342 g/mol. The van der Waals surface area contributed by atoms with Crippen LogP contribution in [0, 0.1) is 29.1 Å². The van der Waals surface area contributed by atoms with E-state index in [9.17, 15) is 9.59 Å². The van der Waals surface area contributed by atoms with E-state index in [0.29, 0.717) is 18.1 Å². The highest BCUT2D eigenvalue weighted by molar-refractivity contribution is 5.91. The summed E-state index contributed by atoms with van der Waals surface area (Å²) in [7, 11) is 0. The van der Waals surface area contributed by atoms with Crippen molar-refractivity contribution in [1.82, 2.24) is 0 Å². The number of fused-ring (bicyclic) bond motifs is 6. The van der Waals surface area contributed by atoms with Crippen LogP contribution in [0.3, 0.4) is 0 Å². The van der Waals surface area contributed by atoms with Gasteiger partial charge in [-0.2, -0.15) is 0 Å². The van der Waals surface area contributed by atoms with Crippen LogP contribution in [0.4, 0.5) is 0 Å². The molecule has 3 unspecified atom stereocenters. The van der Waals surface area contributed by atoms with Gasteiger partial charge < -0.3 is 4.74 Å². The van der Waals surface area contributed by atoms with Crippen LogP contribution in [0.15, 0.2) is 11.6 Å². The van der Waals surface area contributed by atoms with Gasteiger partial charge in [-0.25, -0.2) is 0 Å². The first-order valence-electron chi connectivity index (χ1n) is 10.5. The number of esters is 1. The van der Waals surface area contributed by atoms with Crippen LogP contribution in [0.5, 0.6) is 0 Å². The largest absolute Gasteiger partial charge is 0.458 e. The Balaban J connectivity index is 1.48. The van der Waals surface area contributed by atoms with Crippen LogP contribution >= 0.6 is 0 Å². The van der Waals surface area contributed by atoms with E-state index in [1.54, 1.807) is 0 Å². The Kier molecular flexibility index (Phi) is 3.50. The molecule has 3 saturated carbocycles. The van der Waals surface area contributed by atoms with Crippen molar-refractivity contribution in [3.8, 4) is 0 Å². The normalized spacial score (nSPS) is 48.6. The molecule has 3 heteroatoms. The Hall–Kier alpha value is -1.12. The zero-order valence-electron chi connectivity index (χ0n) is 15.4. The van der Waals surface area contributed by atoms with Gasteiger partial charge in [0.2, 0.25) is 0 Å². The molecular weight excluding hydrogens is 312 g/mol. The maximum Gasteiger partial charge on any atom is 0.306 e. The monoisotopic (exact) mass is 342 g/mol.